The summed E-state index contributed by atoms with van der Waals surface area (Å²) in [6.45, 7) is 10.0. The van der Waals surface area contributed by atoms with E-state index in [4.69, 9.17) is 0 Å². The Kier molecular flexibility index (Phi) is 4.12. The third kappa shape index (κ3) is 6.99. The van der Waals surface area contributed by atoms with Crippen LogP contribution in [0.3, 0.4) is 0 Å². The van der Waals surface area contributed by atoms with E-state index in [0.717, 1.165) is 13.0 Å². The van der Waals surface area contributed by atoms with Gasteiger partial charge in [-0.25, -0.2) is 0 Å². The zero-order valence-corrected chi connectivity index (χ0v) is 10.2. The topological polar surface area (TPSA) is 3.24 Å². The van der Waals surface area contributed by atoms with Crippen LogP contribution in [0, 0.1) is 5.41 Å². The number of rotatable bonds is 3. The Morgan fingerprint density at radius 2 is 1.50 bits per heavy atom. The van der Waals surface area contributed by atoms with Gasteiger partial charge in [-0.2, -0.15) is 12.6 Å². The lowest BCUT2D eigenvalue weighted by Crippen LogP contribution is -2.35. The SMILES string of the molecule is CN(C)CC(C)(S)CC(C)(C)C. The molecule has 74 valence electrons. The number of hydrogen-bond acceptors (Lipinski definition) is 2. The van der Waals surface area contributed by atoms with Gasteiger partial charge in [0, 0.05) is 11.3 Å². The lowest BCUT2D eigenvalue weighted by molar-refractivity contribution is 0.277. The van der Waals surface area contributed by atoms with E-state index >= 15 is 0 Å². The van der Waals surface area contributed by atoms with E-state index in [1.807, 2.05) is 0 Å². The van der Waals surface area contributed by atoms with Crippen LogP contribution in [0.5, 0.6) is 0 Å². The fraction of sp³-hybridized carbons (Fsp3) is 1.00. The summed E-state index contributed by atoms with van der Waals surface area (Å²) in [5.41, 5.74) is 0.368. The summed E-state index contributed by atoms with van der Waals surface area (Å²) in [6.07, 6.45) is 1.14. The summed E-state index contributed by atoms with van der Waals surface area (Å²) < 4.78 is 0.127. The summed E-state index contributed by atoms with van der Waals surface area (Å²) in [4.78, 5) is 2.19. The van der Waals surface area contributed by atoms with E-state index in [1.165, 1.54) is 0 Å². The lowest BCUT2D eigenvalue weighted by Gasteiger charge is -2.33. The zero-order chi connectivity index (χ0) is 9.99. The first-order valence-electron chi connectivity index (χ1n) is 4.49. The third-order valence-corrected chi connectivity index (χ3v) is 1.87. The van der Waals surface area contributed by atoms with Crippen molar-refractivity contribution in [1.29, 1.82) is 0 Å². The van der Waals surface area contributed by atoms with Crippen molar-refractivity contribution in [1.82, 2.24) is 4.90 Å². The van der Waals surface area contributed by atoms with Gasteiger partial charge in [0.25, 0.3) is 0 Å². The molecule has 12 heavy (non-hydrogen) atoms. The summed E-state index contributed by atoms with van der Waals surface area (Å²) in [5, 5.41) is 0. The minimum Gasteiger partial charge on any atom is -0.308 e. The molecule has 0 aromatic rings. The quantitative estimate of drug-likeness (QED) is 0.668. The molecule has 0 saturated heterocycles. The van der Waals surface area contributed by atoms with Gasteiger partial charge in [-0.3, -0.25) is 0 Å². The van der Waals surface area contributed by atoms with Crippen molar-refractivity contribution >= 4 is 12.6 Å². The van der Waals surface area contributed by atoms with Crippen LogP contribution in [0.15, 0.2) is 0 Å². The van der Waals surface area contributed by atoms with E-state index in [2.05, 4.69) is 59.3 Å². The van der Waals surface area contributed by atoms with Crippen LogP contribution in [0.2, 0.25) is 0 Å². The monoisotopic (exact) mass is 189 g/mol. The van der Waals surface area contributed by atoms with Crippen molar-refractivity contribution < 1.29 is 0 Å². The van der Waals surface area contributed by atoms with Crippen molar-refractivity contribution in [3.8, 4) is 0 Å². The Labute approximate surface area is 82.9 Å². The van der Waals surface area contributed by atoms with Gasteiger partial charge in [-0.05, 0) is 32.9 Å². The van der Waals surface area contributed by atoms with E-state index in [0.29, 0.717) is 5.41 Å². The van der Waals surface area contributed by atoms with Crippen molar-refractivity contribution in [2.45, 2.75) is 38.9 Å². The smallest absolute Gasteiger partial charge is 0.0233 e. The predicted molar refractivity (Wildman–Crippen MR) is 60.0 cm³/mol. The molecule has 0 rings (SSSR count). The molecule has 0 heterocycles. The second-order valence-corrected chi connectivity index (χ2v) is 6.55. The fourth-order valence-electron chi connectivity index (χ4n) is 1.88. The predicted octanol–water partition coefficient (Wildman–Crippen LogP) is 2.67. The van der Waals surface area contributed by atoms with Crippen LogP contribution >= 0.6 is 12.6 Å². The van der Waals surface area contributed by atoms with Gasteiger partial charge in [0.05, 0.1) is 0 Å². The Hall–Kier alpha value is 0.310. The molecule has 1 atom stereocenters. The van der Waals surface area contributed by atoms with Crippen LogP contribution < -0.4 is 0 Å². The van der Waals surface area contributed by atoms with E-state index < -0.39 is 0 Å². The maximum Gasteiger partial charge on any atom is 0.0233 e. The highest BCUT2D eigenvalue weighted by molar-refractivity contribution is 7.81. The molecule has 0 aliphatic carbocycles. The second kappa shape index (κ2) is 4.01. The minimum atomic E-state index is 0.127. The van der Waals surface area contributed by atoms with E-state index in [1.54, 1.807) is 0 Å². The molecule has 0 fully saturated rings. The molecule has 0 N–H and O–H groups in total. The first-order valence-corrected chi connectivity index (χ1v) is 4.94. The van der Waals surface area contributed by atoms with Crippen LogP contribution in [-0.2, 0) is 0 Å². The summed E-state index contributed by atoms with van der Waals surface area (Å²) in [6, 6.07) is 0. The first kappa shape index (κ1) is 12.3. The highest BCUT2D eigenvalue weighted by Crippen LogP contribution is 2.31. The fourth-order valence-corrected chi connectivity index (χ4v) is 2.64. The van der Waals surface area contributed by atoms with Crippen molar-refractivity contribution in [3.63, 3.8) is 0 Å². The molecule has 0 spiro atoms. The van der Waals surface area contributed by atoms with Gasteiger partial charge in [0.15, 0.2) is 0 Å². The van der Waals surface area contributed by atoms with Crippen LogP contribution in [-0.4, -0.2) is 30.3 Å². The minimum absolute atomic E-state index is 0.127. The lowest BCUT2D eigenvalue weighted by atomic mass is 9.85. The second-order valence-electron chi connectivity index (χ2n) is 5.47. The van der Waals surface area contributed by atoms with Crippen LogP contribution in [0.1, 0.15) is 34.1 Å². The molecule has 0 radical (unpaired) electrons. The molecule has 2 heteroatoms. The summed E-state index contributed by atoms with van der Waals surface area (Å²) in [7, 11) is 4.19. The van der Waals surface area contributed by atoms with Gasteiger partial charge in [-0.1, -0.05) is 20.8 Å². The average Bonchev–Trinajstić information content (AvgIpc) is 1.48. The molecule has 1 nitrogen and oxygen atoms in total. The maximum absolute atomic E-state index is 4.68. The van der Waals surface area contributed by atoms with Crippen molar-refractivity contribution in [3.05, 3.63) is 0 Å². The van der Waals surface area contributed by atoms with Gasteiger partial charge < -0.3 is 4.90 Å². The first-order chi connectivity index (χ1) is 5.12. The molecule has 0 aromatic carbocycles. The highest BCUT2D eigenvalue weighted by Gasteiger charge is 2.26. The number of hydrogen-bond donors (Lipinski definition) is 1. The molecule has 0 amide bonds. The van der Waals surface area contributed by atoms with Crippen LogP contribution in [0.25, 0.3) is 0 Å². The molecule has 0 aliphatic heterocycles. The Balaban J connectivity index is 4.04. The van der Waals surface area contributed by atoms with Gasteiger partial charge in [-0.15, -0.1) is 0 Å². The summed E-state index contributed by atoms with van der Waals surface area (Å²) in [5.74, 6) is 0. The highest BCUT2D eigenvalue weighted by atomic mass is 32.1. The van der Waals surface area contributed by atoms with Gasteiger partial charge in [0.2, 0.25) is 0 Å². The molecular formula is C10H23NS. The van der Waals surface area contributed by atoms with Gasteiger partial charge >= 0.3 is 0 Å². The molecule has 0 saturated carbocycles. The molecule has 1 unspecified atom stereocenters. The van der Waals surface area contributed by atoms with E-state index in [9.17, 15) is 0 Å². The van der Waals surface area contributed by atoms with Crippen molar-refractivity contribution in [2.24, 2.45) is 5.41 Å². The molecule has 0 bridgehead atoms. The average molecular weight is 189 g/mol. The number of nitrogens with zero attached hydrogens (tertiary/aromatic N) is 1. The Morgan fingerprint density at radius 3 is 1.75 bits per heavy atom. The van der Waals surface area contributed by atoms with Gasteiger partial charge in [0.1, 0.15) is 0 Å². The standard InChI is InChI=1S/C10H23NS/c1-9(2,3)7-10(4,12)8-11(5)6/h12H,7-8H2,1-6H3. The molecule has 0 aliphatic rings. The largest absolute Gasteiger partial charge is 0.308 e. The van der Waals surface area contributed by atoms with Crippen molar-refractivity contribution in [2.75, 3.05) is 20.6 Å². The maximum atomic E-state index is 4.68. The number of thiol groups is 1. The molecule has 0 aromatic heterocycles. The Morgan fingerprint density at radius 1 is 1.08 bits per heavy atom. The third-order valence-electron chi connectivity index (χ3n) is 1.57. The van der Waals surface area contributed by atoms with Crippen LogP contribution in [0.4, 0.5) is 0 Å². The molecular weight excluding hydrogens is 166 g/mol. The Bertz CT molecular complexity index is 133. The normalized spacial score (nSPS) is 18.0. The summed E-state index contributed by atoms with van der Waals surface area (Å²) >= 11 is 4.68. The van der Waals surface area contributed by atoms with E-state index in [-0.39, 0.29) is 4.75 Å². The zero-order valence-electron chi connectivity index (χ0n) is 9.31.